The summed E-state index contributed by atoms with van der Waals surface area (Å²) in [5.41, 5.74) is 0.814. The molecule has 5 heteroatoms. The lowest BCUT2D eigenvalue weighted by molar-refractivity contribution is -0.133. The maximum atomic E-state index is 11.6. The lowest BCUT2D eigenvalue weighted by Gasteiger charge is -2.27. The highest BCUT2D eigenvalue weighted by molar-refractivity contribution is 5.89. The highest BCUT2D eigenvalue weighted by atomic mass is 16.4. The number of aromatic carboxylic acids is 1. The molecule has 1 amide bonds. The van der Waals surface area contributed by atoms with Crippen LogP contribution in [0.5, 0.6) is 0 Å². The van der Waals surface area contributed by atoms with E-state index in [9.17, 15) is 9.59 Å². The van der Waals surface area contributed by atoms with E-state index in [1.807, 2.05) is 0 Å². The van der Waals surface area contributed by atoms with Gasteiger partial charge in [0.05, 0.1) is 5.56 Å². The minimum atomic E-state index is -1.00. The van der Waals surface area contributed by atoms with Crippen LogP contribution in [0.2, 0.25) is 0 Å². The minimum Gasteiger partial charge on any atom is -0.478 e. The third-order valence-electron chi connectivity index (χ3n) is 2.92. The van der Waals surface area contributed by atoms with E-state index >= 15 is 0 Å². The third-order valence-corrected chi connectivity index (χ3v) is 2.92. The van der Waals surface area contributed by atoms with E-state index in [4.69, 9.17) is 5.11 Å². The molecule has 0 aliphatic carbocycles. The summed E-state index contributed by atoms with van der Waals surface area (Å²) >= 11 is 0. The third kappa shape index (κ3) is 2.61. The lowest BCUT2D eigenvalue weighted by Crippen LogP contribution is -2.35. The smallest absolute Gasteiger partial charge is 0.337 e. The Labute approximate surface area is 99.1 Å². The van der Waals surface area contributed by atoms with Gasteiger partial charge in [-0.2, -0.15) is 0 Å². The first-order chi connectivity index (χ1) is 8.18. The molecular weight excluding hydrogens is 220 g/mol. The maximum absolute atomic E-state index is 11.6. The van der Waals surface area contributed by atoms with E-state index in [-0.39, 0.29) is 11.5 Å². The number of carbonyl (C=O) groups is 2. The zero-order chi connectivity index (χ0) is 12.3. The van der Waals surface area contributed by atoms with Gasteiger partial charge in [0.25, 0.3) is 0 Å². The van der Waals surface area contributed by atoms with Crippen molar-refractivity contribution in [2.24, 2.45) is 0 Å². The van der Waals surface area contributed by atoms with E-state index in [1.54, 1.807) is 17.2 Å². The Hall–Kier alpha value is -1.91. The van der Waals surface area contributed by atoms with Crippen molar-refractivity contribution in [2.75, 3.05) is 6.54 Å². The van der Waals surface area contributed by atoms with Crippen LogP contribution in [0, 0.1) is 0 Å². The summed E-state index contributed by atoms with van der Waals surface area (Å²) in [6.45, 7) is 1.07. The zero-order valence-corrected chi connectivity index (χ0v) is 9.43. The fourth-order valence-electron chi connectivity index (χ4n) is 1.99. The first-order valence-corrected chi connectivity index (χ1v) is 5.62. The van der Waals surface area contributed by atoms with Gasteiger partial charge in [0, 0.05) is 31.9 Å². The molecule has 1 aromatic rings. The number of pyridine rings is 1. The molecule has 17 heavy (non-hydrogen) atoms. The molecule has 1 aliphatic rings. The van der Waals surface area contributed by atoms with Gasteiger partial charge in [-0.1, -0.05) is 0 Å². The van der Waals surface area contributed by atoms with Gasteiger partial charge in [0.1, 0.15) is 0 Å². The van der Waals surface area contributed by atoms with Crippen LogP contribution in [0.1, 0.15) is 35.2 Å². The second kappa shape index (κ2) is 4.95. The van der Waals surface area contributed by atoms with E-state index in [0.717, 1.165) is 12.8 Å². The van der Waals surface area contributed by atoms with Gasteiger partial charge in [-0.3, -0.25) is 9.78 Å². The van der Waals surface area contributed by atoms with Crippen molar-refractivity contribution in [3.05, 3.63) is 29.6 Å². The van der Waals surface area contributed by atoms with E-state index < -0.39 is 5.97 Å². The number of amides is 1. The summed E-state index contributed by atoms with van der Waals surface area (Å²) in [4.78, 5) is 28.2. The molecule has 0 bridgehead atoms. The zero-order valence-electron chi connectivity index (χ0n) is 9.43. The van der Waals surface area contributed by atoms with Gasteiger partial charge in [0.2, 0.25) is 5.91 Å². The number of hydrogen-bond acceptors (Lipinski definition) is 3. The fourth-order valence-corrected chi connectivity index (χ4v) is 1.99. The summed E-state index contributed by atoms with van der Waals surface area (Å²) in [6.07, 6.45) is 5.35. The Balaban J connectivity index is 2.17. The number of aromatic nitrogens is 1. The quantitative estimate of drug-likeness (QED) is 0.855. The van der Waals surface area contributed by atoms with Gasteiger partial charge in [-0.15, -0.1) is 0 Å². The van der Waals surface area contributed by atoms with Crippen molar-refractivity contribution >= 4 is 11.9 Å². The van der Waals surface area contributed by atoms with Gasteiger partial charge >= 0.3 is 5.97 Å². The Morgan fingerprint density at radius 3 is 3.00 bits per heavy atom. The predicted molar refractivity (Wildman–Crippen MR) is 60.5 cm³/mol. The molecule has 2 rings (SSSR count). The first-order valence-electron chi connectivity index (χ1n) is 5.62. The van der Waals surface area contributed by atoms with Gasteiger partial charge in [-0.05, 0) is 24.5 Å². The van der Waals surface area contributed by atoms with E-state index in [2.05, 4.69) is 4.98 Å². The second-order valence-electron chi connectivity index (χ2n) is 4.11. The molecule has 1 saturated heterocycles. The first kappa shape index (κ1) is 11.6. The molecule has 5 nitrogen and oxygen atoms in total. The van der Waals surface area contributed by atoms with Crippen molar-refractivity contribution in [1.29, 1.82) is 0 Å². The predicted octanol–water partition coefficient (Wildman–Crippen LogP) is 1.29. The van der Waals surface area contributed by atoms with Crippen LogP contribution in [0.15, 0.2) is 18.5 Å². The largest absolute Gasteiger partial charge is 0.478 e. The SMILES string of the molecule is O=C(O)c1cnccc1CN1CCCCC1=O. The summed E-state index contributed by atoms with van der Waals surface area (Å²) in [6, 6.07) is 1.66. The van der Waals surface area contributed by atoms with Gasteiger partial charge < -0.3 is 10.0 Å². The van der Waals surface area contributed by atoms with E-state index in [1.165, 1.54) is 6.20 Å². The van der Waals surface area contributed by atoms with Crippen LogP contribution in [0.25, 0.3) is 0 Å². The van der Waals surface area contributed by atoms with Crippen LogP contribution >= 0.6 is 0 Å². The van der Waals surface area contributed by atoms with Crippen molar-refractivity contribution in [2.45, 2.75) is 25.8 Å². The topological polar surface area (TPSA) is 70.5 Å². The van der Waals surface area contributed by atoms with Crippen molar-refractivity contribution in [3.8, 4) is 0 Å². The lowest BCUT2D eigenvalue weighted by atomic mass is 10.1. The number of nitrogens with zero attached hydrogens (tertiary/aromatic N) is 2. The molecule has 0 spiro atoms. The standard InChI is InChI=1S/C12H14N2O3/c15-11-3-1-2-6-14(11)8-9-4-5-13-7-10(9)12(16)17/h4-5,7H,1-3,6,8H2,(H,16,17). The molecule has 0 unspecified atom stereocenters. The number of piperidine rings is 1. The minimum absolute atomic E-state index is 0.101. The Morgan fingerprint density at radius 1 is 1.47 bits per heavy atom. The van der Waals surface area contributed by atoms with Gasteiger partial charge in [-0.25, -0.2) is 4.79 Å². The number of hydrogen-bond donors (Lipinski definition) is 1. The number of rotatable bonds is 3. The van der Waals surface area contributed by atoms with E-state index in [0.29, 0.717) is 25.1 Å². The highest BCUT2D eigenvalue weighted by Gasteiger charge is 2.20. The molecule has 0 atom stereocenters. The molecule has 1 aromatic heterocycles. The van der Waals surface area contributed by atoms with Gasteiger partial charge in [0.15, 0.2) is 0 Å². The van der Waals surface area contributed by atoms with Crippen LogP contribution in [-0.4, -0.2) is 33.4 Å². The average Bonchev–Trinajstić information content (AvgIpc) is 2.32. The molecule has 1 N–H and O–H groups in total. The number of likely N-dealkylation sites (tertiary alicyclic amines) is 1. The number of carbonyl (C=O) groups excluding carboxylic acids is 1. The molecule has 90 valence electrons. The Bertz CT molecular complexity index is 445. The highest BCUT2D eigenvalue weighted by Crippen LogP contribution is 2.16. The molecule has 2 heterocycles. The van der Waals surface area contributed by atoms with Crippen molar-refractivity contribution < 1.29 is 14.7 Å². The van der Waals surface area contributed by atoms with Crippen molar-refractivity contribution in [1.82, 2.24) is 9.88 Å². The van der Waals surface area contributed by atoms with Crippen molar-refractivity contribution in [3.63, 3.8) is 0 Å². The van der Waals surface area contributed by atoms with Crippen LogP contribution < -0.4 is 0 Å². The number of carboxylic acids is 1. The molecule has 0 aromatic carbocycles. The van der Waals surface area contributed by atoms with Crippen LogP contribution in [0.4, 0.5) is 0 Å². The molecule has 0 saturated carbocycles. The normalized spacial score (nSPS) is 16.0. The number of carboxylic acid groups (broad SMARTS) is 1. The molecule has 1 aliphatic heterocycles. The molecule has 0 radical (unpaired) electrons. The van der Waals surface area contributed by atoms with Crippen LogP contribution in [0.3, 0.4) is 0 Å². The summed E-state index contributed by atoms with van der Waals surface area (Å²) in [7, 11) is 0. The Morgan fingerprint density at radius 2 is 2.29 bits per heavy atom. The fraction of sp³-hybridized carbons (Fsp3) is 0.417. The monoisotopic (exact) mass is 234 g/mol. The van der Waals surface area contributed by atoms with Crippen LogP contribution in [-0.2, 0) is 11.3 Å². The second-order valence-corrected chi connectivity index (χ2v) is 4.11. The molecule has 1 fully saturated rings. The average molecular weight is 234 g/mol. The summed E-state index contributed by atoms with van der Waals surface area (Å²) in [5, 5.41) is 9.02. The summed E-state index contributed by atoms with van der Waals surface area (Å²) in [5.74, 6) is -0.901. The molecular formula is C12H14N2O3. The maximum Gasteiger partial charge on any atom is 0.337 e. The Kier molecular flexibility index (Phi) is 3.37. The summed E-state index contributed by atoms with van der Waals surface area (Å²) < 4.78 is 0.